The molecule has 0 bridgehead atoms. The van der Waals surface area contributed by atoms with Crippen LogP contribution in [-0.4, -0.2) is 35.7 Å². The summed E-state index contributed by atoms with van der Waals surface area (Å²) in [6.45, 7) is 7.74. The highest BCUT2D eigenvalue weighted by molar-refractivity contribution is 9.11. The minimum atomic E-state index is 0.00540. The molecule has 4 nitrogen and oxygen atoms in total. The van der Waals surface area contributed by atoms with Crippen molar-refractivity contribution in [2.24, 2.45) is 4.99 Å². The van der Waals surface area contributed by atoms with Crippen LogP contribution in [0.4, 0.5) is 0 Å². The highest BCUT2D eigenvalue weighted by Crippen LogP contribution is 2.37. The lowest BCUT2D eigenvalue weighted by molar-refractivity contribution is -0.122. The third kappa shape index (κ3) is 4.19. The first-order valence-electron chi connectivity index (χ1n) is 7.39. The Kier molecular flexibility index (Phi) is 6.73. The summed E-state index contributed by atoms with van der Waals surface area (Å²) in [7, 11) is 0. The first kappa shape index (κ1) is 18.5. The summed E-state index contributed by atoms with van der Waals surface area (Å²) in [5.74, 6) is 0.773. The zero-order chi connectivity index (χ0) is 17.0. The van der Waals surface area contributed by atoms with Gasteiger partial charge < -0.3 is 4.74 Å². The minimum Gasteiger partial charge on any atom is -0.492 e. The summed E-state index contributed by atoms with van der Waals surface area (Å²) in [6, 6.07) is 3.89. The minimum absolute atomic E-state index is 0.00540. The predicted octanol–water partition coefficient (Wildman–Crippen LogP) is 4.92. The molecular weight excluding hydrogens is 444 g/mol. The van der Waals surface area contributed by atoms with E-state index >= 15 is 0 Å². The van der Waals surface area contributed by atoms with Gasteiger partial charge in [0, 0.05) is 13.1 Å². The highest BCUT2D eigenvalue weighted by Gasteiger charge is 2.31. The molecule has 1 amide bonds. The fraction of sp³-hybridized carbons (Fsp3) is 0.375. The van der Waals surface area contributed by atoms with Gasteiger partial charge in [0.15, 0.2) is 5.17 Å². The number of ether oxygens (including phenoxy) is 1. The maximum atomic E-state index is 12.5. The molecule has 2 rings (SSSR count). The van der Waals surface area contributed by atoms with E-state index in [1.54, 1.807) is 4.90 Å². The number of halogens is 2. The van der Waals surface area contributed by atoms with Crippen LogP contribution in [0.15, 0.2) is 31.0 Å². The van der Waals surface area contributed by atoms with E-state index in [1.807, 2.05) is 39.0 Å². The van der Waals surface area contributed by atoms with Crippen LogP contribution in [0.25, 0.3) is 6.08 Å². The first-order chi connectivity index (χ1) is 11.0. The van der Waals surface area contributed by atoms with E-state index in [1.165, 1.54) is 11.8 Å². The van der Waals surface area contributed by atoms with Gasteiger partial charge >= 0.3 is 0 Å². The summed E-state index contributed by atoms with van der Waals surface area (Å²) in [6.07, 6.45) is 1.89. The maximum absolute atomic E-state index is 12.5. The Morgan fingerprint density at radius 3 is 2.43 bits per heavy atom. The predicted molar refractivity (Wildman–Crippen MR) is 104 cm³/mol. The molecule has 1 heterocycles. The zero-order valence-electron chi connectivity index (χ0n) is 13.2. The lowest BCUT2D eigenvalue weighted by atomic mass is 10.2. The van der Waals surface area contributed by atoms with E-state index in [-0.39, 0.29) is 5.91 Å². The molecule has 1 aliphatic heterocycles. The quantitative estimate of drug-likeness (QED) is 0.584. The van der Waals surface area contributed by atoms with Gasteiger partial charge in [0.05, 0.1) is 20.5 Å². The Morgan fingerprint density at radius 1 is 1.26 bits per heavy atom. The topological polar surface area (TPSA) is 41.9 Å². The van der Waals surface area contributed by atoms with Gasteiger partial charge in [-0.15, -0.1) is 0 Å². The standard InChI is InChI=1S/C16H18Br2N2O2S/c1-4-19-16-20(5-2)15(21)13(23-16)9-10-7-11(17)14(22-6-3)12(18)8-10/h7-9H,4-6H2,1-3H3/b13-9-,19-16?. The summed E-state index contributed by atoms with van der Waals surface area (Å²) >= 11 is 8.45. The third-order valence-electron chi connectivity index (χ3n) is 3.10. The third-order valence-corrected chi connectivity index (χ3v) is 5.33. The van der Waals surface area contributed by atoms with Crippen molar-refractivity contribution in [3.8, 4) is 5.75 Å². The van der Waals surface area contributed by atoms with Gasteiger partial charge in [-0.1, -0.05) is 0 Å². The second-order valence-electron chi connectivity index (χ2n) is 4.66. The number of amides is 1. The number of amidine groups is 1. The molecule has 23 heavy (non-hydrogen) atoms. The molecule has 0 radical (unpaired) electrons. The van der Waals surface area contributed by atoms with E-state index in [0.29, 0.717) is 24.6 Å². The average Bonchev–Trinajstić information content (AvgIpc) is 2.79. The number of carbonyl (C=O) groups is 1. The summed E-state index contributed by atoms with van der Waals surface area (Å²) < 4.78 is 7.29. The molecule has 124 valence electrons. The smallest absolute Gasteiger partial charge is 0.266 e. The first-order valence-corrected chi connectivity index (χ1v) is 9.79. The molecule has 0 atom stereocenters. The van der Waals surface area contributed by atoms with E-state index < -0.39 is 0 Å². The van der Waals surface area contributed by atoms with Gasteiger partial charge in [0.25, 0.3) is 5.91 Å². The van der Waals surface area contributed by atoms with Crippen molar-refractivity contribution < 1.29 is 9.53 Å². The van der Waals surface area contributed by atoms with Crippen LogP contribution in [0.2, 0.25) is 0 Å². The highest BCUT2D eigenvalue weighted by atomic mass is 79.9. The van der Waals surface area contributed by atoms with Crippen molar-refractivity contribution in [2.75, 3.05) is 19.7 Å². The number of benzene rings is 1. The largest absolute Gasteiger partial charge is 0.492 e. The fourth-order valence-corrected chi connectivity index (χ4v) is 4.69. The van der Waals surface area contributed by atoms with Crippen LogP contribution in [0.1, 0.15) is 26.3 Å². The van der Waals surface area contributed by atoms with E-state index in [2.05, 4.69) is 36.9 Å². The van der Waals surface area contributed by atoms with E-state index in [0.717, 1.165) is 25.4 Å². The number of hydrogen-bond acceptors (Lipinski definition) is 4. The monoisotopic (exact) mass is 460 g/mol. The second-order valence-corrected chi connectivity index (χ2v) is 7.38. The lowest BCUT2D eigenvalue weighted by Crippen LogP contribution is -2.28. The number of aliphatic imine (C=N–C) groups is 1. The van der Waals surface area contributed by atoms with Crippen molar-refractivity contribution in [1.29, 1.82) is 0 Å². The molecule has 0 spiro atoms. The number of thioether (sulfide) groups is 1. The molecule has 1 saturated heterocycles. The number of nitrogens with zero attached hydrogens (tertiary/aromatic N) is 2. The van der Waals surface area contributed by atoms with Crippen LogP contribution in [0, 0.1) is 0 Å². The maximum Gasteiger partial charge on any atom is 0.266 e. The SMILES string of the molecule is CCN=C1S/C(=C\c2cc(Br)c(OCC)c(Br)c2)C(=O)N1CC. The zero-order valence-corrected chi connectivity index (χ0v) is 17.2. The Hall–Kier alpha value is -0.790. The number of rotatable bonds is 5. The Balaban J connectivity index is 2.35. The molecule has 0 aromatic heterocycles. The van der Waals surface area contributed by atoms with Crippen molar-refractivity contribution >= 4 is 60.8 Å². The Labute approximate surface area is 157 Å². The Morgan fingerprint density at radius 2 is 1.91 bits per heavy atom. The van der Waals surface area contributed by atoms with E-state index in [4.69, 9.17) is 4.74 Å². The molecule has 1 aromatic carbocycles. The molecule has 1 aliphatic rings. The normalized spacial score (nSPS) is 18.3. The molecule has 1 fully saturated rings. The molecule has 0 N–H and O–H groups in total. The molecule has 7 heteroatoms. The van der Waals surface area contributed by atoms with Crippen LogP contribution in [0.3, 0.4) is 0 Å². The Bertz CT molecular complexity index is 651. The summed E-state index contributed by atoms with van der Waals surface area (Å²) in [4.78, 5) is 19.3. The summed E-state index contributed by atoms with van der Waals surface area (Å²) in [5, 5.41) is 0.773. The van der Waals surface area contributed by atoms with Gasteiger partial charge in [0.1, 0.15) is 5.75 Å². The van der Waals surface area contributed by atoms with Crippen molar-refractivity contribution in [3.63, 3.8) is 0 Å². The van der Waals surface area contributed by atoms with Crippen LogP contribution in [0.5, 0.6) is 5.75 Å². The van der Waals surface area contributed by atoms with Crippen LogP contribution >= 0.6 is 43.6 Å². The second kappa shape index (κ2) is 8.35. The molecular formula is C16H18Br2N2O2S. The van der Waals surface area contributed by atoms with Gasteiger partial charge in [-0.05, 0) is 88.2 Å². The fourth-order valence-electron chi connectivity index (χ4n) is 2.14. The van der Waals surface area contributed by atoms with Crippen molar-refractivity contribution in [2.45, 2.75) is 20.8 Å². The number of hydrogen-bond donors (Lipinski definition) is 0. The lowest BCUT2D eigenvalue weighted by Gasteiger charge is -2.11. The van der Waals surface area contributed by atoms with Gasteiger partial charge in [-0.2, -0.15) is 0 Å². The van der Waals surface area contributed by atoms with Gasteiger partial charge in [-0.3, -0.25) is 14.7 Å². The van der Waals surface area contributed by atoms with Crippen molar-refractivity contribution in [3.05, 3.63) is 31.5 Å². The number of likely N-dealkylation sites (N-methyl/N-ethyl adjacent to an activating group) is 1. The van der Waals surface area contributed by atoms with E-state index in [9.17, 15) is 4.79 Å². The molecule has 0 aliphatic carbocycles. The molecule has 0 unspecified atom stereocenters. The summed E-state index contributed by atoms with van der Waals surface area (Å²) in [5.41, 5.74) is 0.928. The average molecular weight is 462 g/mol. The van der Waals surface area contributed by atoms with Crippen LogP contribution < -0.4 is 4.74 Å². The van der Waals surface area contributed by atoms with Crippen LogP contribution in [-0.2, 0) is 4.79 Å². The van der Waals surface area contributed by atoms with Gasteiger partial charge in [-0.25, -0.2) is 0 Å². The van der Waals surface area contributed by atoms with Crippen molar-refractivity contribution in [1.82, 2.24) is 4.90 Å². The molecule has 1 aromatic rings. The van der Waals surface area contributed by atoms with Gasteiger partial charge in [0.2, 0.25) is 0 Å². The number of carbonyl (C=O) groups excluding carboxylic acids is 1. The molecule has 0 saturated carbocycles.